The SMILES string of the molecule is Cc1nc2ccc(Cl)cc2c(N2CCC(C(=O)N3CCN(N)/C(=C\N)C3)C(C)C2)c1C#N. The van der Waals surface area contributed by atoms with Gasteiger partial charge in [0.25, 0.3) is 0 Å². The van der Waals surface area contributed by atoms with Gasteiger partial charge in [-0.2, -0.15) is 5.26 Å². The first-order chi connectivity index (χ1) is 15.3. The van der Waals surface area contributed by atoms with Crippen LogP contribution in [0.2, 0.25) is 5.02 Å². The molecule has 0 saturated carbocycles. The fourth-order valence-electron chi connectivity index (χ4n) is 4.82. The van der Waals surface area contributed by atoms with Crippen LogP contribution in [0.4, 0.5) is 5.69 Å². The molecule has 1 amide bonds. The van der Waals surface area contributed by atoms with Crippen molar-refractivity contribution in [3.63, 3.8) is 0 Å². The number of piperazine rings is 1. The van der Waals surface area contributed by atoms with Gasteiger partial charge < -0.3 is 20.5 Å². The standard InChI is InChI=1S/C23H28ClN7O/c1-14-12-29(6-5-18(14)23(32)30-7-8-31(27)17(10-25)13-30)22-19-9-16(24)3-4-21(19)28-15(2)20(22)11-26/h3-4,9-10,14,18H,5-8,12-13,25,27H2,1-2H3/b17-10-. The molecule has 2 aromatic rings. The van der Waals surface area contributed by atoms with Crippen molar-refractivity contribution in [2.75, 3.05) is 37.6 Å². The number of nitriles is 1. The van der Waals surface area contributed by atoms with Crippen LogP contribution >= 0.6 is 11.6 Å². The number of carbonyl (C=O) groups excluding carboxylic acids is 1. The number of halogens is 1. The Balaban J connectivity index is 1.59. The number of anilines is 1. The number of nitrogens with two attached hydrogens (primary N) is 2. The largest absolute Gasteiger partial charge is 0.403 e. The Bertz CT molecular complexity index is 1130. The third-order valence-corrected chi connectivity index (χ3v) is 6.82. The Morgan fingerprint density at radius 2 is 2.12 bits per heavy atom. The molecule has 2 unspecified atom stereocenters. The van der Waals surface area contributed by atoms with Gasteiger partial charge in [0, 0.05) is 42.2 Å². The maximum atomic E-state index is 13.3. The molecule has 2 fully saturated rings. The quantitative estimate of drug-likeness (QED) is 0.670. The molecule has 168 valence electrons. The topological polar surface area (TPSA) is 116 Å². The maximum Gasteiger partial charge on any atom is 0.226 e. The number of amides is 1. The van der Waals surface area contributed by atoms with Crippen LogP contribution in [0, 0.1) is 30.1 Å². The molecular formula is C23H28ClN7O. The Labute approximate surface area is 193 Å². The van der Waals surface area contributed by atoms with Crippen LogP contribution in [-0.2, 0) is 4.79 Å². The van der Waals surface area contributed by atoms with Crippen molar-refractivity contribution < 1.29 is 4.79 Å². The van der Waals surface area contributed by atoms with Crippen LogP contribution < -0.4 is 16.5 Å². The van der Waals surface area contributed by atoms with Crippen molar-refractivity contribution in [2.45, 2.75) is 20.3 Å². The third-order valence-electron chi connectivity index (χ3n) is 6.59. The van der Waals surface area contributed by atoms with Gasteiger partial charge in [0.2, 0.25) is 5.91 Å². The molecule has 3 heterocycles. The van der Waals surface area contributed by atoms with Crippen molar-refractivity contribution in [1.29, 1.82) is 5.26 Å². The van der Waals surface area contributed by atoms with Gasteiger partial charge in [-0.3, -0.25) is 9.78 Å². The molecule has 4 rings (SSSR count). The average Bonchev–Trinajstić information content (AvgIpc) is 2.78. The molecule has 32 heavy (non-hydrogen) atoms. The minimum Gasteiger partial charge on any atom is -0.403 e. The summed E-state index contributed by atoms with van der Waals surface area (Å²) in [5.74, 6) is 6.11. The summed E-state index contributed by atoms with van der Waals surface area (Å²) in [4.78, 5) is 22.0. The predicted molar refractivity (Wildman–Crippen MR) is 125 cm³/mol. The van der Waals surface area contributed by atoms with Crippen LogP contribution in [0.1, 0.15) is 24.6 Å². The Morgan fingerprint density at radius 3 is 2.81 bits per heavy atom. The number of hydrogen-bond acceptors (Lipinski definition) is 7. The second-order valence-corrected chi connectivity index (χ2v) is 9.06. The van der Waals surface area contributed by atoms with Gasteiger partial charge in [-0.25, -0.2) is 5.84 Å². The van der Waals surface area contributed by atoms with E-state index in [1.807, 2.05) is 30.0 Å². The second-order valence-electron chi connectivity index (χ2n) is 8.62. The lowest BCUT2D eigenvalue weighted by Crippen LogP contribution is -2.54. The van der Waals surface area contributed by atoms with E-state index in [1.54, 1.807) is 5.01 Å². The van der Waals surface area contributed by atoms with E-state index in [1.165, 1.54) is 6.20 Å². The number of hydrogen-bond donors (Lipinski definition) is 2. The summed E-state index contributed by atoms with van der Waals surface area (Å²) in [6, 6.07) is 7.90. The molecule has 2 saturated heterocycles. The Kier molecular flexibility index (Phi) is 6.13. The number of carbonyl (C=O) groups is 1. The van der Waals surface area contributed by atoms with Gasteiger partial charge >= 0.3 is 0 Å². The summed E-state index contributed by atoms with van der Waals surface area (Å²) in [6.45, 7) is 6.90. The molecule has 0 radical (unpaired) electrons. The second kappa shape index (κ2) is 8.85. The van der Waals surface area contributed by atoms with Crippen LogP contribution in [0.5, 0.6) is 0 Å². The lowest BCUT2D eigenvalue weighted by atomic mass is 9.84. The Hall–Kier alpha value is -3.02. The average molecular weight is 454 g/mol. The van der Waals surface area contributed by atoms with Crippen molar-refractivity contribution in [1.82, 2.24) is 14.9 Å². The van der Waals surface area contributed by atoms with Crippen molar-refractivity contribution in [3.05, 3.63) is 46.4 Å². The molecule has 9 heteroatoms. The number of rotatable bonds is 2. The highest BCUT2D eigenvalue weighted by Crippen LogP contribution is 2.37. The van der Waals surface area contributed by atoms with E-state index in [2.05, 4.69) is 22.9 Å². The van der Waals surface area contributed by atoms with E-state index >= 15 is 0 Å². The van der Waals surface area contributed by atoms with Crippen LogP contribution in [0.25, 0.3) is 10.9 Å². The first-order valence-corrected chi connectivity index (χ1v) is 11.2. The molecule has 0 bridgehead atoms. The predicted octanol–water partition coefficient (Wildman–Crippen LogP) is 2.35. The zero-order chi connectivity index (χ0) is 23.0. The molecule has 0 aliphatic carbocycles. The highest BCUT2D eigenvalue weighted by atomic mass is 35.5. The zero-order valence-electron chi connectivity index (χ0n) is 18.4. The van der Waals surface area contributed by atoms with Crippen molar-refractivity contribution >= 4 is 34.1 Å². The number of benzene rings is 1. The molecule has 1 aromatic heterocycles. The molecule has 4 N–H and O–H groups in total. The van der Waals surface area contributed by atoms with Crippen LogP contribution in [-0.4, -0.2) is 53.5 Å². The highest BCUT2D eigenvalue weighted by molar-refractivity contribution is 6.31. The number of fused-ring (bicyclic) bond motifs is 1. The summed E-state index contributed by atoms with van der Waals surface area (Å²) in [6.07, 6.45) is 2.18. The van der Waals surface area contributed by atoms with Gasteiger partial charge in [0.1, 0.15) is 6.07 Å². The van der Waals surface area contributed by atoms with Gasteiger partial charge in [0.15, 0.2) is 0 Å². The lowest BCUT2D eigenvalue weighted by Gasteiger charge is -2.42. The molecular weight excluding hydrogens is 426 g/mol. The van der Waals surface area contributed by atoms with Gasteiger partial charge in [-0.1, -0.05) is 18.5 Å². The number of pyridine rings is 1. The molecule has 0 spiro atoms. The minimum atomic E-state index is -0.0853. The smallest absolute Gasteiger partial charge is 0.226 e. The molecule has 2 aliphatic heterocycles. The van der Waals surface area contributed by atoms with Gasteiger partial charge in [-0.05, 0) is 37.5 Å². The fourth-order valence-corrected chi connectivity index (χ4v) is 5.00. The normalized spacial score (nSPS) is 23.0. The van der Waals surface area contributed by atoms with Crippen LogP contribution in [0.3, 0.4) is 0 Å². The van der Waals surface area contributed by atoms with Crippen molar-refractivity contribution in [2.24, 2.45) is 23.4 Å². The van der Waals surface area contributed by atoms with Crippen LogP contribution in [0.15, 0.2) is 30.1 Å². The third kappa shape index (κ3) is 3.94. The summed E-state index contributed by atoms with van der Waals surface area (Å²) in [5, 5.41) is 12.9. The summed E-state index contributed by atoms with van der Waals surface area (Å²) < 4.78 is 0. The zero-order valence-corrected chi connectivity index (χ0v) is 19.1. The van der Waals surface area contributed by atoms with E-state index in [0.29, 0.717) is 55.4 Å². The van der Waals surface area contributed by atoms with E-state index in [4.69, 9.17) is 23.2 Å². The van der Waals surface area contributed by atoms with Gasteiger partial charge in [0.05, 0.1) is 41.2 Å². The Morgan fingerprint density at radius 1 is 1.34 bits per heavy atom. The summed E-state index contributed by atoms with van der Waals surface area (Å²) in [7, 11) is 0. The molecule has 2 atom stereocenters. The van der Waals surface area contributed by atoms with E-state index in [9.17, 15) is 10.1 Å². The molecule has 2 aliphatic rings. The highest BCUT2D eigenvalue weighted by Gasteiger charge is 2.36. The minimum absolute atomic E-state index is 0.0853. The van der Waals surface area contributed by atoms with E-state index in [-0.39, 0.29) is 17.7 Å². The fraction of sp³-hybridized carbons (Fsp3) is 0.435. The number of piperidine rings is 1. The first kappa shape index (κ1) is 22.2. The maximum absolute atomic E-state index is 13.3. The van der Waals surface area contributed by atoms with Crippen molar-refractivity contribution in [3.8, 4) is 6.07 Å². The van der Waals surface area contributed by atoms with E-state index < -0.39 is 0 Å². The number of aryl methyl sites for hydroxylation is 1. The number of hydrazine groups is 1. The molecule has 8 nitrogen and oxygen atoms in total. The summed E-state index contributed by atoms with van der Waals surface area (Å²) in [5.41, 5.74) is 9.36. The number of nitrogens with zero attached hydrogens (tertiary/aromatic N) is 5. The monoisotopic (exact) mass is 453 g/mol. The van der Waals surface area contributed by atoms with E-state index in [0.717, 1.165) is 22.3 Å². The summed E-state index contributed by atoms with van der Waals surface area (Å²) >= 11 is 6.27. The lowest BCUT2D eigenvalue weighted by molar-refractivity contribution is -0.138. The molecule has 1 aromatic carbocycles. The first-order valence-electron chi connectivity index (χ1n) is 10.8. The van der Waals surface area contributed by atoms with Gasteiger partial charge in [-0.15, -0.1) is 0 Å². The number of aromatic nitrogens is 1.